The van der Waals surface area contributed by atoms with E-state index in [0.717, 1.165) is 39.1 Å². The van der Waals surface area contributed by atoms with Gasteiger partial charge in [0.05, 0.1) is 25.2 Å². The molecule has 0 unspecified atom stereocenters. The predicted octanol–water partition coefficient (Wildman–Crippen LogP) is 10.6. The zero-order chi connectivity index (χ0) is 26.0. The summed E-state index contributed by atoms with van der Waals surface area (Å²) < 4.78 is 21.0. The van der Waals surface area contributed by atoms with Crippen molar-refractivity contribution in [3.8, 4) is 0 Å². The molecule has 2 aliphatic carbocycles. The molecule has 0 atom stereocenters. The Labute approximate surface area is 226 Å². The number of hydrogen-bond donors (Lipinski definition) is 0. The first-order valence-electron chi connectivity index (χ1n) is 16.6. The minimum absolute atomic E-state index is 0.0358. The van der Waals surface area contributed by atoms with Crippen LogP contribution in [0.15, 0.2) is 0 Å². The molecule has 2 rings (SSSR count). The molecule has 36 heavy (non-hydrogen) atoms. The summed E-state index contributed by atoms with van der Waals surface area (Å²) in [6, 6.07) is 0. The summed E-state index contributed by atoms with van der Waals surface area (Å²) in [5, 5.41) is 0. The van der Waals surface area contributed by atoms with Crippen LogP contribution in [0.1, 0.15) is 169 Å². The van der Waals surface area contributed by atoms with Gasteiger partial charge < -0.3 is 14.2 Å². The number of ether oxygens (including phenoxy) is 3. The van der Waals surface area contributed by atoms with Crippen molar-refractivity contribution in [1.29, 1.82) is 0 Å². The first-order chi connectivity index (χ1) is 17.7. The van der Waals surface area contributed by atoms with Gasteiger partial charge in [-0.15, -0.1) is 0 Å². The lowest BCUT2D eigenvalue weighted by Gasteiger charge is -2.56. The minimum atomic E-state index is -0.886. The monoisotopic (exact) mass is 508 g/mol. The summed E-state index contributed by atoms with van der Waals surface area (Å²) in [6.07, 6.45) is 28.6. The van der Waals surface area contributed by atoms with E-state index in [-0.39, 0.29) is 5.41 Å². The number of unbranched alkanes of at least 4 members (excludes halogenated alkanes) is 5. The zero-order valence-electron chi connectivity index (χ0n) is 25.1. The van der Waals surface area contributed by atoms with Crippen LogP contribution in [0.25, 0.3) is 0 Å². The van der Waals surface area contributed by atoms with Crippen LogP contribution >= 0.6 is 0 Å². The maximum atomic E-state index is 6.99. The second-order valence-electron chi connectivity index (χ2n) is 12.0. The molecule has 3 heteroatoms. The lowest BCUT2D eigenvalue weighted by molar-refractivity contribution is -0.450. The third-order valence-corrected chi connectivity index (χ3v) is 9.17. The van der Waals surface area contributed by atoms with E-state index in [1.54, 1.807) is 0 Å². The normalized spacial score (nSPS) is 19.3. The van der Waals surface area contributed by atoms with Gasteiger partial charge in [0.15, 0.2) is 0 Å². The van der Waals surface area contributed by atoms with Gasteiger partial charge in [-0.1, -0.05) is 118 Å². The van der Waals surface area contributed by atoms with Crippen molar-refractivity contribution >= 4 is 0 Å². The summed E-state index contributed by atoms with van der Waals surface area (Å²) in [4.78, 5) is 0. The maximum absolute atomic E-state index is 6.99. The highest BCUT2D eigenvalue weighted by atomic mass is 16.9. The number of hydrogen-bond acceptors (Lipinski definition) is 3. The van der Waals surface area contributed by atoms with Crippen molar-refractivity contribution in [1.82, 2.24) is 0 Å². The molecule has 2 fully saturated rings. The van der Waals surface area contributed by atoms with Crippen LogP contribution in [-0.4, -0.2) is 25.8 Å². The van der Waals surface area contributed by atoms with Gasteiger partial charge in [-0.2, -0.15) is 0 Å². The standard InChI is InChI=1S/C33H64O3/c1-5-9-10-11-16-21-26-32(30-22-17-12-13-18-23-30,31-24-19-14-15-20-25-31)33(34-27-6-2,35-28-7-3)36-29-8-4/h30-31H,5-29H2,1-4H3. The summed E-state index contributed by atoms with van der Waals surface area (Å²) in [5.74, 6) is 0.399. The van der Waals surface area contributed by atoms with Crippen molar-refractivity contribution in [3.63, 3.8) is 0 Å². The fourth-order valence-corrected chi connectivity index (χ4v) is 7.42. The van der Waals surface area contributed by atoms with E-state index >= 15 is 0 Å². The van der Waals surface area contributed by atoms with Crippen LogP contribution in [0.5, 0.6) is 0 Å². The molecule has 214 valence electrons. The summed E-state index contributed by atoms with van der Waals surface area (Å²) in [5.41, 5.74) is -0.0358. The highest BCUT2D eigenvalue weighted by Crippen LogP contribution is 2.59. The van der Waals surface area contributed by atoms with E-state index in [2.05, 4.69) is 27.7 Å². The van der Waals surface area contributed by atoms with Gasteiger partial charge in [0, 0.05) is 0 Å². The summed E-state index contributed by atoms with van der Waals surface area (Å²) in [6.45, 7) is 11.2. The zero-order valence-corrected chi connectivity index (χ0v) is 25.1. The van der Waals surface area contributed by atoms with Gasteiger partial charge in [-0.05, 0) is 63.2 Å². The van der Waals surface area contributed by atoms with Crippen molar-refractivity contribution < 1.29 is 14.2 Å². The fourth-order valence-electron chi connectivity index (χ4n) is 7.42. The van der Waals surface area contributed by atoms with E-state index in [4.69, 9.17) is 14.2 Å². The molecular weight excluding hydrogens is 444 g/mol. The fraction of sp³-hybridized carbons (Fsp3) is 1.00. The molecule has 0 radical (unpaired) electrons. The SMILES string of the molecule is CCCCCCCCC(C1CCCCCC1)(C1CCCCCC1)C(OCCC)(OCCC)OCCC. The average Bonchev–Trinajstić information content (AvgIpc) is 3.35. The van der Waals surface area contributed by atoms with Crippen LogP contribution in [0, 0.1) is 17.3 Å². The van der Waals surface area contributed by atoms with E-state index in [1.165, 1.54) is 122 Å². The Balaban J connectivity index is 2.56. The van der Waals surface area contributed by atoms with Gasteiger partial charge in [-0.25, -0.2) is 0 Å². The highest BCUT2D eigenvalue weighted by molar-refractivity contribution is 5.00. The third-order valence-electron chi connectivity index (χ3n) is 9.17. The first-order valence-corrected chi connectivity index (χ1v) is 16.6. The smallest absolute Gasteiger partial charge is 0.289 e. The Morgan fingerprint density at radius 1 is 0.472 bits per heavy atom. The molecule has 0 aromatic heterocycles. The molecule has 0 aromatic rings. The quantitative estimate of drug-likeness (QED) is 0.0986. The second kappa shape index (κ2) is 19.0. The van der Waals surface area contributed by atoms with Crippen molar-refractivity contribution in [2.24, 2.45) is 17.3 Å². The molecule has 0 heterocycles. The predicted molar refractivity (Wildman–Crippen MR) is 154 cm³/mol. The molecule has 3 nitrogen and oxygen atoms in total. The van der Waals surface area contributed by atoms with Crippen LogP contribution in [0.3, 0.4) is 0 Å². The second-order valence-corrected chi connectivity index (χ2v) is 12.0. The van der Waals surface area contributed by atoms with Gasteiger partial charge in [0.1, 0.15) is 0 Å². The largest absolute Gasteiger partial charge is 0.327 e. The third kappa shape index (κ3) is 9.26. The Kier molecular flexibility index (Phi) is 17.0. The van der Waals surface area contributed by atoms with Crippen LogP contribution in [0.2, 0.25) is 0 Å². The molecule has 2 aliphatic rings. The molecule has 0 aliphatic heterocycles. The van der Waals surface area contributed by atoms with Crippen molar-refractivity contribution in [2.75, 3.05) is 19.8 Å². The Morgan fingerprint density at radius 2 is 0.861 bits per heavy atom. The van der Waals surface area contributed by atoms with Gasteiger partial charge in [-0.3, -0.25) is 0 Å². The van der Waals surface area contributed by atoms with E-state index in [1.807, 2.05) is 0 Å². The first kappa shape index (κ1) is 32.1. The van der Waals surface area contributed by atoms with Crippen LogP contribution in [0.4, 0.5) is 0 Å². The molecule has 0 saturated heterocycles. The number of rotatable bonds is 19. The molecule has 2 saturated carbocycles. The van der Waals surface area contributed by atoms with Gasteiger partial charge in [0.2, 0.25) is 0 Å². The van der Waals surface area contributed by atoms with E-state index in [0.29, 0.717) is 11.8 Å². The van der Waals surface area contributed by atoms with E-state index in [9.17, 15) is 0 Å². The molecular formula is C33H64O3. The molecule has 0 spiro atoms. The van der Waals surface area contributed by atoms with Gasteiger partial charge in [0.25, 0.3) is 5.97 Å². The molecule has 0 bridgehead atoms. The molecule has 0 amide bonds. The Hall–Kier alpha value is -0.120. The van der Waals surface area contributed by atoms with Crippen LogP contribution in [-0.2, 0) is 14.2 Å². The average molecular weight is 509 g/mol. The van der Waals surface area contributed by atoms with Crippen LogP contribution < -0.4 is 0 Å². The lowest BCUT2D eigenvalue weighted by atomic mass is 9.57. The van der Waals surface area contributed by atoms with Gasteiger partial charge >= 0.3 is 0 Å². The van der Waals surface area contributed by atoms with Crippen molar-refractivity contribution in [2.45, 2.75) is 175 Å². The Morgan fingerprint density at radius 3 is 1.25 bits per heavy atom. The maximum Gasteiger partial charge on any atom is 0.289 e. The Bertz CT molecular complexity index is 461. The molecule has 0 aromatic carbocycles. The van der Waals surface area contributed by atoms with E-state index < -0.39 is 5.97 Å². The van der Waals surface area contributed by atoms with Crippen molar-refractivity contribution in [3.05, 3.63) is 0 Å². The highest BCUT2D eigenvalue weighted by Gasteiger charge is 2.62. The summed E-state index contributed by atoms with van der Waals surface area (Å²) in [7, 11) is 0. The lowest BCUT2D eigenvalue weighted by Crippen LogP contribution is -2.61. The topological polar surface area (TPSA) is 27.7 Å². The minimum Gasteiger partial charge on any atom is -0.327 e. The summed E-state index contributed by atoms with van der Waals surface area (Å²) >= 11 is 0. The molecule has 0 N–H and O–H groups in total.